The third-order valence-electron chi connectivity index (χ3n) is 7.21. The van der Waals surface area contributed by atoms with E-state index >= 15 is 0 Å². The van der Waals surface area contributed by atoms with Crippen molar-refractivity contribution in [1.82, 2.24) is 9.21 Å². The van der Waals surface area contributed by atoms with Crippen LogP contribution in [0.15, 0.2) is 46.5 Å². The molecular weight excluding hydrogens is 566 g/mol. The van der Waals surface area contributed by atoms with Crippen molar-refractivity contribution in [3.05, 3.63) is 64.7 Å². The van der Waals surface area contributed by atoms with E-state index in [1.165, 1.54) is 10.6 Å². The van der Waals surface area contributed by atoms with E-state index in [2.05, 4.69) is 20.2 Å². The fraction of sp³-hybridized carbons (Fsp3) is 0.517. The van der Waals surface area contributed by atoms with Crippen LogP contribution in [0.3, 0.4) is 0 Å². The lowest BCUT2D eigenvalue weighted by Crippen LogP contribution is -2.34. The summed E-state index contributed by atoms with van der Waals surface area (Å²) in [5.74, 6) is 0.568. The van der Waals surface area contributed by atoms with E-state index in [-0.39, 0.29) is 40.7 Å². The van der Waals surface area contributed by atoms with E-state index in [0.717, 1.165) is 16.7 Å². The summed E-state index contributed by atoms with van der Waals surface area (Å²) in [4.78, 5) is 15.7. The van der Waals surface area contributed by atoms with Crippen molar-refractivity contribution in [1.29, 1.82) is 0 Å². The molecule has 7 nitrogen and oxygen atoms in total. The summed E-state index contributed by atoms with van der Waals surface area (Å²) in [5.41, 5.74) is 2.33. The van der Waals surface area contributed by atoms with Crippen LogP contribution in [-0.4, -0.2) is 67.3 Å². The lowest BCUT2D eigenvalue weighted by atomic mass is 9.78. The van der Waals surface area contributed by atoms with Gasteiger partial charge in [-0.1, -0.05) is 71.9 Å². The Morgan fingerprint density at radius 2 is 1.61 bits per heavy atom. The van der Waals surface area contributed by atoms with E-state index in [4.69, 9.17) is 0 Å². The fourth-order valence-electron chi connectivity index (χ4n) is 5.06. The summed E-state index contributed by atoms with van der Waals surface area (Å²) in [7, 11) is -1.79. The zero-order valence-corrected chi connectivity index (χ0v) is 26.0. The molecule has 1 heterocycles. The first-order chi connectivity index (χ1) is 17.4. The molecule has 2 aromatic rings. The van der Waals surface area contributed by atoms with Crippen molar-refractivity contribution in [3.8, 4) is 5.75 Å². The number of phenolic OH excluding ortho intramolecular Hbond substituents is 1. The maximum absolute atomic E-state index is 13.8. The first kappa shape index (κ1) is 30.3. The second-order valence-corrected chi connectivity index (χ2v) is 14.8. The minimum absolute atomic E-state index is 0.0846. The first-order valence-corrected chi connectivity index (χ1v) is 15.3. The molecule has 2 aromatic carbocycles. The fourth-order valence-corrected chi connectivity index (χ4v) is 5.96. The second kappa shape index (κ2) is 11.1. The van der Waals surface area contributed by atoms with Crippen LogP contribution in [0, 0.1) is 5.92 Å². The summed E-state index contributed by atoms with van der Waals surface area (Å²) < 4.78 is 30.2. The number of Topliss-reactive ketones (excluding diaryl/α,β-unsaturated/α-hetero) is 1. The van der Waals surface area contributed by atoms with Gasteiger partial charge in [0, 0.05) is 48.7 Å². The number of phenols is 1. The molecule has 9 heteroatoms. The van der Waals surface area contributed by atoms with Gasteiger partial charge in [0.2, 0.25) is 10.0 Å². The molecule has 38 heavy (non-hydrogen) atoms. The van der Waals surface area contributed by atoms with Gasteiger partial charge in [-0.3, -0.25) is 4.79 Å². The van der Waals surface area contributed by atoms with Crippen molar-refractivity contribution in [2.24, 2.45) is 9.94 Å². The molecule has 0 unspecified atom stereocenters. The number of likely N-dealkylation sites (tertiary alicyclic amines) is 1. The van der Waals surface area contributed by atoms with Gasteiger partial charge in [-0.2, -0.15) is 4.02 Å². The lowest BCUT2D eigenvalue weighted by molar-refractivity contribution is 0.0963. The Morgan fingerprint density at radius 1 is 1.08 bits per heavy atom. The standard InChI is InChI=1S/C29H40BrN3O4S/c1-28(2,3)22-14-20(15-23(26(22)35)29(4,5)6)24(34)18-33-17-21(16-32(7)38(8,36)37)25(27(33)31-30)19-12-10-9-11-13-19/h9-15,21,25,35H,16-18H2,1-8H3/b31-27-/t21-,25+/m0/s1. The normalized spacial score (nSPS) is 19.9. The quantitative estimate of drug-likeness (QED) is 0.422. The lowest BCUT2D eigenvalue weighted by Gasteiger charge is -2.28. The number of aromatic hydroxyl groups is 1. The Morgan fingerprint density at radius 3 is 2.05 bits per heavy atom. The number of rotatable bonds is 7. The van der Waals surface area contributed by atoms with Crippen LogP contribution in [0.2, 0.25) is 0 Å². The summed E-state index contributed by atoms with van der Waals surface area (Å²) in [6.07, 6.45) is 1.20. The van der Waals surface area contributed by atoms with Crippen molar-refractivity contribution in [3.63, 3.8) is 0 Å². The van der Waals surface area contributed by atoms with Crippen LogP contribution in [0.25, 0.3) is 0 Å². The zero-order chi connectivity index (χ0) is 28.6. The first-order valence-electron chi connectivity index (χ1n) is 12.8. The molecule has 3 rings (SSSR count). The Bertz CT molecular complexity index is 1280. The van der Waals surface area contributed by atoms with Gasteiger partial charge in [0.25, 0.3) is 0 Å². The highest BCUT2D eigenvalue weighted by atomic mass is 79.9. The molecule has 1 saturated heterocycles. The van der Waals surface area contributed by atoms with E-state index < -0.39 is 10.0 Å². The molecule has 0 bridgehead atoms. The van der Waals surface area contributed by atoms with Crippen LogP contribution < -0.4 is 0 Å². The highest BCUT2D eigenvalue weighted by molar-refractivity contribution is 9.08. The van der Waals surface area contributed by atoms with E-state index in [0.29, 0.717) is 24.5 Å². The van der Waals surface area contributed by atoms with Gasteiger partial charge in [-0.15, -0.1) is 0 Å². The highest BCUT2D eigenvalue weighted by Crippen LogP contribution is 2.40. The van der Waals surface area contributed by atoms with Crippen LogP contribution in [0.1, 0.15) is 74.5 Å². The topological polar surface area (TPSA) is 90.3 Å². The molecule has 1 aliphatic heterocycles. The average molecular weight is 607 g/mol. The van der Waals surface area contributed by atoms with Crippen molar-refractivity contribution < 1.29 is 18.3 Å². The van der Waals surface area contributed by atoms with Gasteiger partial charge in [0.1, 0.15) is 11.6 Å². The van der Waals surface area contributed by atoms with Gasteiger partial charge >= 0.3 is 0 Å². The molecule has 1 aliphatic rings. The van der Waals surface area contributed by atoms with Gasteiger partial charge < -0.3 is 10.0 Å². The van der Waals surface area contributed by atoms with Crippen molar-refractivity contribution >= 4 is 37.8 Å². The van der Waals surface area contributed by atoms with Crippen LogP contribution in [0.5, 0.6) is 5.75 Å². The molecule has 0 radical (unpaired) electrons. The summed E-state index contributed by atoms with van der Waals surface area (Å²) in [5, 5.41) is 11.1. The Balaban J connectivity index is 2.01. The minimum atomic E-state index is -3.37. The number of carbonyl (C=O) groups excluding carboxylic acids is 1. The van der Waals surface area contributed by atoms with Crippen molar-refractivity contribution in [2.45, 2.75) is 58.3 Å². The number of hydrogen-bond donors (Lipinski definition) is 1. The van der Waals surface area contributed by atoms with Crippen LogP contribution in [0.4, 0.5) is 0 Å². The predicted octanol–water partition coefficient (Wildman–Crippen LogP) is 5.49. The monoisotopic (exact) mass is 605 g/mol. The maximum Gasteiger partial charge on any atom is 0.210 e. The van der Waals surface area contributed by atoms with Crippen LogP contribution >= 0.6 is 16.1 Å². The summed E-state index contributed by atoms with van der Waals surface area (Å²) in [6, 6.07) is 13.5. The SMILES string of the molecule is CN(C[C@H]1CN(CC(=O)c2cc(C(C)(C)C)c(O)c(C(C)(C)C)c2)/C(=N\Br)[C@@H]1c1ccccc1)S(C)(=O)=O. The van der Waals surface area contributed by atoms with Gasteiger partial charge in [-0.25, -0.2) is 12.7 Å². The Hall–Kier alpha value is -2.23. The number of carbonyl (C=O) groups is 1. The number of hydrogen-bond acceptors (Lipinski definition) is 5. The molecular formula is C29H40BrN3O4S. The molecule has 1 N–H and O–H groups in total. The van der Waals surface area contributed by atoms with Crippen molar-refractivity contribution in [2.75, 3.05) is 32.9 Å². The van der Waals surface area contributed by atoms with Gasteiger partial charge in [-0.05, 0) is 28.5 Å². The molecule has 1 fully saturated rings. The predicted molar refractivity (Wildman–Crippen MR) is 158 cm³/mol. The largest absolute Gasteiger partial charge is 0.507 e. The molecule has 0 amide bonds. The molecule has 0 aromatic heterocycles. The molecule has 208 valence electrons. The maximum atomic E-state index is 13.8. The molecule has 2 atom stereocenters. The Labute approximate surface area is 236 Å². The van der Waals surface area contributed by atoms with Gasteiger partial charge in [0.05, 0.1) is 28.9 Å². The number of sulfonamides is 1. The van der Waals surface area contributed by atoms with E-state index in [1.54, 1.807) is 19.2 Å². The summed E-state index contributed by atoms with van der Waals surface area (Å²) in [6.45, 7) is 13.0. The van der Waals surface area contributed by atoms with Gasteiger partial charge in [0.15, 0.2) is 5.78 Å². The molecule has 0 saturated carbocycles. The number of amidine groups is 1. The van der Waals surface area contributed by atoms with E-state index in [1.807, 2.05) is 76.8 Å². The molecule has 0 aliphatic carbocycles. The number of benzene rings is 2. The second-order valence-electron chi connectivity index (χ2n) is 12.4. The molecule has 0 spiro atoms. The average Bonchev–Trinajstić information content (AvgIpc) is 3.13. The smallest absolute Gasteiger partial charge is 0.210 e. The minimum Gasteiger partial charge on any atom is -0.507 e. The summed E-state index contributed by atoms with van der Waals surface area (Å²) >= 11 is 3.29. The number of nitrogens with zero attached hydrogens (tertiary/aromatic N) is 3. The third kappa shape index (κ3) is 6.66. The number of ketones is 1. The Kier molecular flexibility index (Phi) is 8.85. The van der Waals surface area contributed by atoms with Crippen LogP contribution in [-0.2, 0) is 20.9 Å². The zero-order valence-electron chi connectivity index (χ0n) is 23.6. The van der Waals surface area contributed by atoms with E-state index in [9.17, 15) is 18.3 Å². The third-order valence-corrected chi connectivity index (χ3v) is 8.86. The number of halogens is 1. The highest BCUT2D eigenvalue weighted by Gasteiger charge is 2.41.